The molecule has 0 aromatic rings. The molecule has 0 saturated heterocycles. The molecule has 0 heterocycles. The van der Waals surface area contributed by atoms with Gasteiger partial charge in [0.05, 0.1) is 43.2 Å². The zero-order valence-electron chi connectivity index (χ0n) is 37.7. The minimum atomic E-state index is -2.91. The first kappa shape index (κ1) is 76.8. The van der Waals surface area contributed by atoms with Gasteiger partial charge in [0.15, 0.2) is 0 Å². The summed E-state index contributed by atoms with van der Waals surface area (Å²) >= 11 is 0. The molecule has 0 aliphatic rings. The summed E-state index contributed by atoms with van der Waals surface area (Å²) in [4.78, 5) is 29.6. The maximum absolute atomic E-state index is 10.4. The van der Waals surface area contributed by atoms with Crippen LogP contribution in [0.25, 0.3) is 0 Å². The Hall–Kier alpha value is -1.87. The Kier molecular flexibility index (Phi) is 85.9. The van der Waals surface area contributed by atoms with Crippen LogP contribution in [0, 0.1) is 0 Å². The fourth-order valence-corrected chi connectivity index (χ4v) is 0.666. The van der Waals surface area contributed by atoms with E-state index in [1.54, 1.807) is 55.5 Å². The number of ketones is 2. The number of amides is 1. The van der Waals surface area contributed by atoms with E-state index in [1.807, 2.05) is 53.9 Å². The molecule has 0 rings (SSSR count). The van der Waals surface area contributed by atoms with Crippen LogP contribution in [-0.2, 0) is 34.2 Å². The van der Waals surface area contributed by atoms with E-state index in [2.05, 4.69) is 27.6 Å². The fraction of sp³-hybridized carbons (Fsp3) is 0.861. The molecule has 0 bridgehead atoms. The van der Waals surface area contributed by atoms with E-state index in [1.165, 1.54) is 27.2 Å². The zero-order chi connectivity index (χ0) is 46.1. The molecule has 54 heavy (non-hydrogen) atoms. The van der Waals surface area contributed by atoms with Crippen molar-refractivity contribution in [2.45, 2.75) is 147 Å². The quantitative estimate of drug-likeness (QED) is 0.143. The number of likely N-dealkylation sites (N-methyl/N-ethyl adjacent to an activating group) is 1. The van der Waals surface area contributed by atoms with Crippen molar-refractivity contribution in [1.82, 2.24) is 20.7 Å². The number of aliphatic hydroxyl groups excluding tert-OH is 5. The van der Waals surface area contributed by atoms with Crippen LogP contribution in [0.4, 0.5) is 0 Å². The summed E-state index contributed by atoms with van der Waals surface area (Å²) in [6.45, 7) is 26.1. The Morgan fingerprint density at radius 2 is 0.907 bits per heavy atom. The number of nitrogens with one attached hydrogen (secondary N) is 4. The van der Waals surface area contributed by atoms with E-state index in [4.69, 9.17) is 25.5 Å². The highest BCUT2D eigenvalue weighted by Gasteiger charge is 2.01. The highest BCUT2D eigenvalue weighted by Crippen LogP contribution is 1.86. The van der Waals surface area contributed by atoms with Gasteiger partial charge in [-0.05, 0) is 103 Å². The number of hydrogen-bond donors (Lipinski definition) is 9. The summed E-state index contributed by atoms with van der Waals surface area (Å²) < 4.78 is 41.9. The van der Waals surface area contributed by atoms with Gasteiger partial charge in [-0.2, -0.15) is 0 Å². The minimum absolute atomic E-state index is 0.116. The van der Waals surface area contributed by atoms with Gasteiger partial charge >= 0.3 is 0 Å². The van der Waals surface area contributed by atoms with Crippen molar-refractivity contribution >= 4 is 37.3 Å². The summed E-state index contributed by atoms with van der Waals surface area (Å²) in [6, 6.07) is 0. The van der Waals surface area contributed by atoms with Crippen LogP contribution >= 0.6 is 0 Å². The van der Waals surface area contributed by atoms with E-state index >= 15 is 0 Å². The molecule has 0 saturated carbocycles. The number of carbonyl (C=O) groups excluding carboxylic acids is 3. The number of allylic oxidation sites excluding steroid dienone is 2. The molecule has 16 nitrogen and oxygen atoms in total. The lowest BCUT2D eigenvalue weighted by molar-refractivity contribution is -0.122. The molecule has 0 aliphatic carbocycles. The van der Waals surface area contributed by atoms with Gasteiger partial charge in [-0.1, -0.05) is 39.8 Å². The number of sulfone groups is 1. The number of carbonyl (C=O) groups is 3. The van der Waals surface area contributed by atoms with Crippen molar-refractivity contribution in [3.05, 3.63) is 12.2 Å². The lowest BCUT2D eigenvalue weighted by Gasteiger charge is -2.03. The molecule has 5 unspecified atom stereocenters. The molecule has 18 heteroatoms. The number of rotatable bonds is 10. The van der Waals surface area contributed by atoms with Gasteiger partial charge in [0, 0.05) is 32.0 Å². The van der Waals surface area contributed by atoms with Gasteiger partial charge in [0.25, 0.3) is 0 Å². The van der Waals surface area contributed by atoms with E-state index in [9.17, 15) is 31.2 Å². The molecule has 0 radical (unpaired) electrons. The number of sulfonamides is 1. The molecule has 9 N–H and O–H groups in total. The topological polar surface area (TPSA) is 269 Å². The summed E-state index contributed by atoms with van der Waals surface area (Å²) in [5, 5.41) is 50.3. The van der Waals surface area contributed by atoms with E-state index < -0.39 is 38.2 Å². The molecule has 0 fully saturated rings. The second-order valence-corrected chi connectivity index (χ2v) is 15.8. The van der Waals surface area contributed by atoms with Gasteiger partial charge in [-0.25, -0.2) is 21.6 Å². The second-order valence-electron chi connectivity index (χ2n) is 11.4. The van der Waals surface area contributed by atoms with E-state index in [-0.39, 0.29) is 41.9 Å². The number of hydrogen-bond acceptors (Lipinski definition) is 14. The molecule has 0 aromatic carbocycles. The number of Topliss-reactive ketones (excluding diaryl/α,β-unsaturated/α-hetero) is 2. The van der Waals surface area contributed by atoms with Crippen molar-refractivity contribution in [1.29, 1.82) is 0 Å². The highest BCUT2D eigenvalue weighted by atomic mass is 32.2. The summed E-state index contributed by atoms with van der Waals surface area (Å²) in [5.74, 6) is 0.539. The monoisotopic (exact) mass is 833 g/mol. The molecule has 0 aromatic heterocycles. The Labute approximate surface area is 332 Å². The average Bonchev–Trinajstić information content (AvgIpc) is 3.05. The average molecular weight is 833 g/mol. The van der Waals surface area contributed by atoms with Crippen LogP contribution in [0.1, 0.15) is 116 Å². The maximum Gasteiger partial charge on any atom is 0.222 e. The third kappa shape index (κ3) is 226. The van der Waals surface area contributed by atoms with E-state index in [0.717, 1.165) is 19.2 Å². The molecule has 0 aliphatic heterocycles. The fourth-order valence-electron chi connectivity index (χ4n) is 0.666. The van der Waals surface area contributed by atoms with Crippen molar-refractivity contribution in [2.75, 3.05) is 59.5 Å². The van der Waals surface area contributed by atoms with Crippen molar-refractivity contribution < 1.29 is 56.8 Å². The maximum atomic E-state index is 10.4. The van der Waals surface area contributed by atoms with Crippen LogP contribution in [0.5, 0.6) is 0 Å². The minimum Gasteiger partial charge on any atom is -0.393 e. The first-order valence-electron chi connectivity index (χ1n) is 17.8. The van der Waals surface area contributed by atoms with Crippen LogP contribution in [-0.4, -0.2) is 150 Å². The van der Waals surface area contributed by atoms with Crippen molar-refractivity contribution in [3.8, 4) is 0 Å². The standard InChI is InChI=1S/C5H11NO2.C4H11NO.C4H10O2.C4H10O.C4H8O.C4H8.C3H9N.C3H8O2S.C3H6O.C2H7NO2S/c1-4(7)3-5(8)6-2;1-4(6)3-5-2;1-3(5)4(2)6;2*1-3-4(2)5;2*1-3-4-2;1-3-6(2,4)5;1-3(2)4;1-3-6(2,4)5/h4,7H,3H2,1-2H3,(H,6,8);4-6H,3H2,1-2H3;3-6H,1-2H3;4-5H,3H2,1-2H3;3H2,1-2H3;3-4H,1-2H3;4H,3H2,1-2H3;3H2,1-2H3;1-2H3;3H,1-2H3. The Morgan fingerprint density at radius 1 is 0.648 bits per heavy atom. The van der Waals surface area contributed by atoms with Gasteiger partial charge in [-0.15, -0.1) is 0 Å². The molecule has 5 atom stereocenters. The van der Waals surface area contributed by atoms with E-state index in [0.29, 0.717) is 13.0 Å². The first-order chi connectivity index (χ1) is 24.3. The highest BCUT2D eigenvalue weighted by molar-refractivity contribution is 7.90. The lowest BCUT2D eigenvalue weighted by atomic mass is 10.3. The van der Waals surface area contributed by atoms with Gasteiger partial charge in [-0.3, -0.25) is 4.79 Å². The van der Waals surface area contributed by atoms with Crippen molar-refractivity contribution in [3.63, 3.8) is 0 Å². The van der Waals surface area contributed by atoms with Gasteiger partial charge < -0.3 is 51.1 Å². The Bertz CT molecular complexity index is 926. The molecule has 0 spiro atoms. The SMILES string of the molecule is CC(C)=O.CC(O)C(C)O.CC=CC.CCC(C)=O.CCC(C)O.CCNC.CCS(C)(=O)=O.CNC(=O)CC(C)O.CNCC(C)O.CNS(C)(=O)=O. The second kappa shape index (κ2) is 60.4. The number of aliphatic hydroxyl groups is 5. The summed E-state index contributed by atoms with van der Waals surface area (Å²) in [6.07, 6.45) is 5.99. The summed E-state index contributed by atoms with van der Waals surface area (Å²) in [7, 11) is 1.09. The normalized spacial score (nSPS) is 12.2. The van der Waals surface area contributed by atoms with Crippen LogP contribution < -0.4 is 20.7 Å². The first-order valence-corrected chi connectivity index (χ1v) is 21.8. The largest absolute Gasteiger partial charge is 0.393 e. The Morgan fingerprint density at radius 3 is 0.926 bits per heavy atom. The zero-order valence-corrected chi connectivity index (χ0v) is 39.3. The molecular formula is C36H88N4O12S2. The molecular weight excluding hydrogens is 745 g/mol. The molecule has 1 amide bonds. The third-order valence-corrected chi connectivity index (χ3v) is 6.42. The van der Waals surface area contributed by atoms with Gasteiger partial charge in [0.2, 0.25) is 15.9 Å². The van der Waals surface area contributed by atoms with Crippen LogP contribution in [0.2, 0.25) is 0 Å². The lowest BCUT2D eigenvalue weighted by Crippen LogP contribution is -2.21. The third-order valence-electron chi connectivity index (χ3n) is 4.63. The van der Waals surface area contributed by atoms with Gasteiger partial charge in [0.1, 0.15) is 21.4 Å². The Balaban J connectivity index is -0.0000000502. The smallest absolute Gasteiger partial charge is 0.222 e. The molecule has 336 valence electrons. The summed E-state index contributed by atoms with van der Waals surface area (Å²) in [5.41, 5.74) is 0. The van der Waals surface area contributed by atoms with Crippen LogP contribution in [0.3, 0.4) is 0 Å². The van der Waals surface area contributed by atoms with Crippen molar-refractivity contribution in [2.24, 2.45) is 0 Å². The predicted molar refractivity (Wildman–Crippen MR) is 228 cm³/mol. The van der Waals surface area contributed by atoms with Crippen LogP contribution in [0.15, 0.2) is 12.2 Å². The predicted octanol–water partition coefficient (Wildman–Crippen LogP) is 2.22.